The lowest BCUT2D eigenvalue weighted by Crippen LogP contribution is -2.13. The highest BCUT2D eigenvalue weighted by molar-refractivity contribution is 6.25. The van der Waals surface area contributed by atoms with E-state index in [0.717, 1.165) is 48.4 Å². The first kappa shape index (κ1) is 16.0. The van der Waals surface area contributed by atoms with Crippen molar-refractivity contribution in [2.75, 3.05) is 7.11 Å². The van der Waals surface area contributed by atoms with Crippen LogP contribution in [0, 0.1) is 5.92 Å². The molecule has 0 saturated heterocycles. The predicted octanol–water partition coefficient (Wildman–Crippen LogP) is 5.18. The molecule has 0 radical (unpaired) electrons. The number of allylic oxidation sites excluding steroid dienone is 1. The van der Waals surface area contributed by atoms with E-state index in [9.17, 15) is 0 Å². The van der Waals surface area contributed by atoms with Gasteiger partial charge < -0.3 is 4.74 Å². The van der Waals surface area contributed by atoms with Crippen LogP contribution in [0.4, 0.5) is 0 Å². The standard InChI is InChI=1S/C19H21ClN2O/c1-23-18-8-6-15(7-9-18)17-12-21-19(22-13-17)16-4-2-14(3-5-16)10-11-20/h6-14,16H,2-5H2,1H3/b11-10+. The van der Waals surface area contributed by atoms with E-state index in [2.05, 4.69) is 16.0 Å². The van der Waals surface area contributed by atoms with E-state index in [4.69, 9.17) is 16.3 Å². The Hall–Kier alpha value is -1.87. The summed E-state index contributed by atoms with van der Waals surface area (Å²) in [4.78, 5) is 9.21. The molecule has 3 rings (SSSR count). The van der Waals surface area contributed by atoms with Gasteiger partial charge in [-0.2, -0.15) is 0 Å². The lowest BCUT2D eigenvalue weighted by Gasteiger charge is -2.25. The minimum Gasteiger partial charge on any atom is -0.497 e. The fourth-order valence-corrected chi connectivity index (χ4v) is 3.36. The maximum absolute atomic E-state index is 5.67. The van der Waals surface area contributed by atoms with Crippen molar-refractivity contribution in [3.8, 4) is 16.9 Å². The second-order valence-corrected chi connectivity index (χ2v) is 6.24. The minimum absolute atomic E-state index is 0.472. The third-order valence-corrected chi connectivity index (χ3v) is 4.72. The van der Waals surface area contributed by atoms with Gasteiger partial charge >= 0.3 is 0 Å². The zero-order valence-electron chi connectivity index (χ0n) is 13.3. The molecule has 1 saturated carbocycles. The van der Waals surface area contributed by atoms with E-state index < -0.39 is 0 Å². The molecular weight excluding hydrogens is 308 g/mol. The predicted molar refractivity (Wildman–Crippen MR) is 93.7 cm³/mol. The maximum atomic E-state index is 5.67. The summed E-state index contributed by atoms with van der Waals surface area (Å²) in [6, 6.07) is 7.96. The topological polar surface area (TPSA) is 35.0 Å². The van der Waals surface area contributed by atoms with Gasteiger partial charge in [-0.1, -0.05) is 29.8 Å². The molecule has 0 atom stereocenters. The van der Waals surface area contributed by atoms with Crippen molar-refractivity contribution in [3.63, 3.8) is 0 Å². The quantitative estimate of drug-likeness (QED) is 0.775. The summed E-state index contributed by atoms with van der Waals surface area (Å²) in [5, 5.41) is 0. The number of halogens is 1. The molecule has 0 amide bonds. The average molecular weight is 329 g/mol. The van der Waals surface area contributed by atoms with Crippen LogP contribution in [0.5, 0.6) is 5.75 Å². The molecule has 3 nitrogen and oxygen atoms in total. The normalized spacial score (nSPS) is 21.5. The Morgan fingerprint density at radius 3 is 2.22 bits per heavy atom. The number of rotatable bonds is 4. The lowest BCUT2D eigenvalue weighted by atomic mass is 9.81. The fourth-order valence-electron chi connectivity index (χ4n) is 3.15. The summed E-state index contributed by atoms with van der Waals surface area (Å²) in [5.74, 6) is 2.91. The highest BCUT2D eigenvalue weighted by atomic mass is 35.5. The number of hydrogen-bond donors (Lipinski definition) is 0. The first-order chi connectivity index (χ1) is 11.3. The van der Waals surface area contributed by atoms with Crippen LogP contribution >= 0.6 is 11.6 Å². The van der Waals surface area contributed by atoms with Crippen molar-refractivity contribution in [2.45, 2.75) is 31.6 Å². The van der Waals surface area contributed by atoms with Gasteiger partial charge in [-0.25, -0.2) is 9.97 Å². The summed E-state index contributed by atoms with van der Waals surface area (Å²) >= 11 is 5.67. The van der Waals surface area contributed by atoms with Gasteiger partial charge in [0.1, 0.15) is 11.6 Å². The van der Waals surface area contributed by atoms with Crippen LogP contribution in [0.15, 0.2) is 48.3 Å². The monoisotopic (exact) mass is 328 g/mol. The van der Waals surface area contributed by atoms with Crippen LogP contribution in [0.25, 0.3) is 11.1 Å². The Kier molecular flexibility index (Phi) is 5.29. The zero-order chi connectivity index (χ0) is 16.1. The summed E-state index contributed by atoms with van der Waals surface area (Å²) in [6.07, 6.45) is 10.5. The van der Waals surface area contributed by atoms with E-state index in [0.29, 0.717) is 11.8 Å². The number of benzene rings is 1. The van der Waals surface area contributed by atoms with Crippen LogP contribution in [-0.2, 0) is 0 Å². The molecule has 0 bridgehead atoms. The Balaban J connectivity index is 1.67. The molecular formula is C19H21ClN2O. The Bertz CT molecular complexity index is 644. The van der Waals surface area contributed by atoms with Gasteiger partial charge in [0.2, 0.25) is 0 Å². The van der Waals surface area contributed by atoms with Crippen LogP contribution in [-0.4, -0.2) is 17.1 Å². The van der Waals surface area contributed by atoms with Crippen LogP contribution in [0.1, 0.15) is 37.4 Å². The molecule has 1 aromatic heterocycles. The van der Waals surface area contributed by atoms with E-state index in [1.807, 2.05) is 36.7 Å². The van der Waals surface area contributed by atoms with Crippen molar-refractivity contribution in [2.24, 2.45) is 5.92 Å². The number of hydrogen-bond acceptors (Lipinski definition) is 3. The molecule has 0 aliphatic heterocycles. The van der Waals surface area contributed by atoms with Crippen molar-refractivity contribution in [1.29, 1.82) is 0 Å². The van der Waals surface area contributed by atoms with Gasteiger partial charge in [-0.3, -0.25) is 0 Å². The smallest absolute Gasteiger partial charge is 0.131 e. The van der Waals surface area contributed by atoms with Gasteiger partial charge in [-0.15, -0.1) is 0 Å². The summed E-state index contributed by atoms with van der Waals surface area (Å²) < 4.78 is 5.19. The summed E-state index contributed by atoms with van der Waals surface area (Å²) in [6.45, 7) is 0. The first-order valence-corrected chi connectivity index (χ1v) is 8.47. The molecule has 23 heavy (non-hydrogen) atoms. The van der Waals surface area contributed by atoms with Crippen molar-refractivity contribution < 1.29 is 4.74 Å². The van der Waals surface area contributed by atoms with Gasteiger partial charge in [0.15, 0.2) is 0 Å². The van der Waals surface area contributed by atoms with Gasteiger partial charge in [0.25, 0.3) is 0 Å². The SMILES string of the molecule is COc1ccc(-c2cnc(C3CCC(/C=C/Cl)CC3)nc2)cc1. The van der Waals surface area contributed by atoms with E-state index in [1.165, 1.54) is 0 Å². The molecule has 1 aliphatic rings. The van der Waals surface area contributed by atoms with Gasteiger partial charge in [0.05, 0.1) is 7.11 Å². The molecule has 120 valence electrons. The van der Waals surface area contributed by atoms with E-state index in [-0.39, 0.29) is 0 Å². The Morgan fingerprint density at radius 2 is 1.65 bits per heavy atom. The summed E-state index contributed by atoms with van der Waals surface area (Å²) in [5.41, 5.74) is 3.79. The van der Waals surface area contributed by atoms with Crippen LogP contribution in [0.3, 0.4) is 0 Å². The highest BCUT2D eigenvalue weighted by Gasteiger charge is 2.22. The Morgan fingerprint density at radius 1 is 1.00 bits per heavy atom. The third-order valence-electron chi connectivity index (χ3n) is 4.58. The molecule has 1 aliphatic carbocycles. The average Bonchev–Trinajstić information content (AvgIpc) is 2.63. The molecule has 0 unspecified atom stereocenters. The van der Waals surface area contributed by atoms with E-state index in [1.54, 1.807) is 12.6 Å². The van der Waals surface area contributed by atoms with E-state index >= 15 is 0 Å². The lowest BCUT2D eigenvalue weighted by molar-refractivity contribution is 0.366. The third kappa shape index (κ3) is 3.91. The highest BCUT2D eigenvalue weighted by Crippen LogP contribution is 2.35. The zero-order valence-corrected chi connectivity index (χ0v) is 14.0. The molecule has 1 fully saturated rings. The van der Waals surface area contributed by atoms with Gasteiger partial charge in [0, 0.05) is 29.4 Å². The maximum Gasteiger partial charge on any atom is 0.131 e. The van der Waals surface area contributed by atoms with Gasteiger partial charge in [-0.05, 0) is 49.3 Å². The molecule has 2 aromatic rings. The van der Waals surface area contributed by atoms with Crippen molar-refractivity contribution in [3.05, 3.63) is 54.1 Å². The fraction of sp³-hybridized carbons (Fsp3) is 0.368. The number of aromatic nitrogens is 2. The first-order valence-electron chi connectivity index (χ1n) is 8.03. The summed E-state index contributed by atoms with van der Waals surface area (Å²) in [7, 11) is 1.67. The molecule has 0 spiro atoms. The molecule has 4 heteroatoms. The second-order valence-electron chi connectivity index (χ2n) is 5.99. The largest absolute Gasteiger partial charge is 0.497 e. The van der Waals surface area contributed by atoms with Crippen molar-refractivity contribution in [1.82, 2.24) is 9.97 Å². The minimum atomic E-state index is 0.472. The van der Waals surface area contributed by atoms with Crippen LogP contribution < -0.4 is 4.74 Å². The molecule has 1 aromatic carbocycles. The number of nitrogens with zero attached hydrogens (tertiary/aromatic N) is 2. The number of ether oxygens (including phenoxy) is 1. The molecule has 1 heterocycles. The molecule has 0 N–H and O–H groups in total. The second kappa shape index (κ2) is 7.60. The van der Waals surface area contributed by atoms with Crippen LogP contribution in [0.2, 0.25) is 0 Å². The van der Waals surface area contributed by atoms with Crippen molar-refractivity contribution >= 4 is 11.6 Å². The Labute approximate surface area is 142 Å². The number of methoxy groups -OCH3 is 1.